The van der Waals surface area contributed by atoms with E-state index in [1.807, 2.05) is 11.4 Å². The summed E-state index contributed by atoms with van der Waals surface area (Å²) in [5, 5.41) is 5.63. The minimum absolute atomic E-state index is 0.144. The molecule has 0 saturated carbocycles. The van der Waals surface area contributed by atoms with Gasteiger partial charge in [0.25, 0.3) is 5.91 Å². The number of carbonyl (C=O) groups is 1. The molecule has 0 aliphatic heterocycles. The van der Waals surface area contributed by atoms with E-state index in [2.05, 4.69) is 10.3 Å². The molecule has 2 aromatic heterocycles. The van der Waals surface area contributed by atoms with E-state index < -0.39 is 0 Å². The molecule has 3 N–H and O–H groups in total. The van der Waals surface area contributed by atoms with Crippen LogP contribution in [0.4, 0.5) is 10.1 Å². The van der Waals surface area contributed by atoms with E-state index in [9.17, 15) is 4.79 Å². The first-order valence-corrected chi connectivity index (χ1v) is 5.51. The topological polar surface area (TPSA) is 68.0 Å². The average molecular weight is 225 g/mol. The largest absolute Gasteiger partial charge is 0.389 e. The van der Waals surface area contributed by atoms with Crippen LogP contribution in [0.1, 0.15) is 9.67 Å². The zero-order valence-corrected chi connectivity index (χ0v) is 8.69. The number of nitrogens with one attached hydrogen (secondary N) is 1. The number of nitrogens with two attached hydrogens (primary N) is 1. The van der Waals surface area contributed by atoms with Gasteiger partial charge < -0.3 is 5.73 Å². The zero-order chi connectivity index (χ0) is 9.97. The average Bonchev–Trinajstić information content (AvgIpc) is 2.75. The van der Waals surface area contributed by atoms with Crippen molar-refractivity contribution in [1.29, 1.82) is 0 Å². The van der Waals surface area contributed by atoms with Crippen LogP contribution in [0.5, 0.6) is 0 Å². The standard InChI is InChI=1S/C8H7N3OS2/c9-6-4-10-8(14-6)11-7(12)5-2-1-3-13-5/h1-4H,9H2,(H,10,11,12). The highest BCUT2D eigenvalue weighted by Crippen LogP contribution is 2.20. The smallest absolute Gasteiger partial charge is 0.267 e. The Morgan fingerprint density at radius 1 is 1.57 bits per heavy atom. The predicted molar refractivity (Wildman–Crippen MR) is 58.8 cm³/mol. The first-order valence-electron chi connectivity index (χ1n) is 3.82. The summed E-state index contributed by atoms with van der Waals surface area (Å²) >= 11 is 2.64. The van der Waals surface area contributed by atoms with E-state index in [0.717, 1.165) is 0 Å². The van der Waals surface area contributed by atoms with Crippen molar-refractivity contribution in [2.24, 2.45) is 0 Å². The Morgan fingerprint density at radius 3 is 3.00 bits per heavy atom. The molecule has 0 fully saturated rings. The lowest BCUT2D eigenvalue weighted by Gasteiger charge is -1.96. The van der Waals surface area contributed by atoms with Gasteiger partial charge in [-0.3, -0.25) is 10.1 Å². The third-order valence-electron chi connectivity index (χ3n) is 1.49. The summed E-state index contributed by atoms with van der Waals surface area (Å²) in [5.41, 5.74) is 5.48. The Kier molecular flexibility index (Phi) is 2.47. The molecule has 2 aromatic rings. The monoisotopic (exact) mass is 225 g/mol. The van der Waals surface area contributed by atoms with Crippen LogP contribution >= 0.6 is 22.7 Å². The van der Waals surface area contributed by atoms with Crippen molar-refractivity contribution in [2.75, 3.05) is 11.1 Å². The van der Waals surface area contributed by atoms with Gasteiger partial charge in [-0.1, -0.05) is 17.4 Å². The van der Waals surface area contributed by atoms with Gasteiger partial charge in [0.05, 0.1) is 11.1 Å². The summed E-state index contributed by atoms with van der Waals surface area (Å²) in [4.78, 5) is 16.1. The normalized spacial score (nSPS) is 10.0. The molecule has 2 rings (SSSR count). The lowest BCUT2D eigenvalue weighted by Crippen LogP contribution is -2.09. The molecule has 0 atom stereocenters. The molecular weight excluding hydrogens is 218 g/mol. The Labute approximate surface area is 88.4 Å². The molecule has 0 bridgehead atoms. The third kappa shape index (κ3) is 1.91. The molecule has 0 aliphatic carbocycles. The number of thiazole rings is 1. The van der Waals surface area contributed by atoms with Crippen molar-refractivity contribution in [3.05, 3.63) is 28.6 Å². The van der Waals surface area contributed by atoms with Gasteiger partial charge in [0.15, 0.2) is 5.13 Å². The van der Waals surface area contributed by atoms with Crippen LogP contribution in [-0.4, -0.2) is 10.9 Å². The Balaban J connectivity index is 2.09. The van der Waals surface area contributed by atoms with Gasteiger partial charge in [0.1, 0.15) is 5.00 Å². The highest BCUT2D eigenvalue weighted by Gasteiger charge is 2.08. The number of nitrogens with zero attached hydrogens (tertiary/aromatic N) is 1. The van der Waals surface area contributed by atoms with Crippen molar-refractivity contribution < 1.29 is 4.79 Å². The number of hydrogen-bond donors (Lipinski definition) is 2. The molecule has 0 aliphatic rings. The maximum absolute atomic E-state index is 11.5. The highest BCUT2D eigenvalue weighted by atomic mass is 32.1. The number of thiophene rings is 1. The fourth-order valence-corrected chi connectivity index (χ4v) is 2.11. The molecule has 2 heterocycles. The van der Waals surface area contributed by atoms with Crippen LogP contribution in [-0.2, 0) is 0 Å². The van der Waals surface area contributed by atoms with Crippen LogP contribution in [0.15, 0.2) is 23.7 Å². The molecule has 0 saturated heterocycles. The van der Waals surface area contributed by atoms with Crippen LogP contribution in [0.25, 0.3) is 0 Å². The lowest BCUT2D eigenvalue weighted by molar-refractivity contribution is 0.103. The minimum atomic E-state index is -0.144. The molecule has 4 nitrogen and oxygen atoms in total. The van der Waals surface area contributed by atoms with E-state index in [-0.39, 0.29) is 5.91 Å². The van der Waals surface area contributed by atoms with Crippen molar-refractivity contribution >= 4 is 38.7 Å². The van der Waals surface area contributed by atoms with E-state index >= 15 is 0 Å². The summed E-state index contributed by atoms with van der Waals surface area (Å²) in [6, 6.07) is 3.59. The molecule has 14 heavy (non-hydrogen) atoms. The predicted octanol–water partition coefficient (Wildman–Crippen LogP) is 2.04. The fraction of sp³-hybridized carbons (Fsp3) is 0. The van der Waals surface area contributed by atoms with Crippen molar-refractivity contribution in [1.82, 2.24) is 4.98 Å². The third-order valence-corrected chi connectivity index (χ3v) is 3.10. The van der Waals surface area contributed by atoms with Crippen LogP contribution in [0, 0.1) is 0 Å². The van der Waals surface area contributed by atoms with Crippen molar-refractivity contribution in [2.45, 2.75) is 0 Å². The second-order valence-corrected chi connectivity index (χ2v) is 4.51. The SMILES string of the molecule is Nc1cnc(NC(=O)c2cccs2)s1. The number of anilines is 2. The van der Waals surface area contributed by atoms with Gasteiger partial charge in [-0.25, -0.2) is 4.98 Å². The number of hydrogen-bond acceptors (Lipinski definition) is 5. The van der Waals surface area contributed by atoms with Gasteiger partial charge in [-0.2, -0.15) is 0 Å². The van der Waals surface area contributed by atoms with Gasteiger partial charge in [0, 0.05) is 0 Å². The van der Waals surface area contributed by atoms with Crippen molar-refractivity contribution in [3.63, 3.8) is 0 Å². The van der Waals surface area contributed by atoms with Gasteiger partial charge in [-0.15, -0.1) is 11.3 Å². The molecule has 0 spiro atoms. The molecule has 0 unspecified atom stereocenters. The molecule has 6 heteroatoms. The first kappa shape index (κ1) is 9.17. The Bertz CT molecular complexity index is 435. The van der Waals surface area contributed by atoms with E-state index in [1.165, 1.54) is 28.9 Å². The molecule has 0 aromatic carbocycles. The number of carbonyl (C=O) groups excluding carboxylic acids is 1. The molecule has 0 radical (unpaired) electrons. The van der Waals surface area contributed by atoms with Crippen LogP contribution < -0.4 is 11.1 Å². The first-order chi connectivity index (χ1) is 6.75. The van der Waals surface area contributed by atoms with Gasteiger partial charge in [0.2, 0.25) is 0 Å². The van der Waals surface area contributed by atoms with E-state index in [4.69, 9.17) is 5.73 Å². The number of amides is 1. The summed E-state index contributed by atoms with van der Waals surface area (Å²) < 4.78 is 0. The molecule has 1 amide bonds. The minimum Gasteiger partial charge on any atom is -0.389 e. The lowest BCUT2D eigenvalue weighted by atomic mass is 10.4. The summed E-state index contributed by atoms with van der Waals surface area (Å²) in [6.45, 7) is 0. The number of aromatic nitrogens is 1. The van der Waals surface area contributed by atoms with Crippen LogP contribution in [0.3, 0.4) is 0 Å². The Hall–Kier alpha value is -1.40. The van der Waals surface area contributed by atoms with Gasteiger partial charge in [-0.05, 0) is 11.4 Å². The molecule has 72 valence electrons. The quantitative estimate of drug-likeness (QED) is 0.821. The summed E-state index contributed by atoms with van der Waals surface area (Å²) in [7, 11) is 0. The summed E-state index contributed by atoms with van der Waals surface area (Å²) in [6.07, 6.45) is 1.52. The van der Waals surface area contributed by atoms with Crippen LogP contribution in [0.2, 0.25) is 0 Å². The molecular formula is C8H7N3OS2. The second-order valence-electron chi connectivity index (χ2n) is 2.50. The highest BCUT2D eigenvalue weighted by molar-refractivity contribution is 7.19. The number of rotatable bonds is 2. The number of nitrogen functional groups attached to an aromatic ring is 1. The van der Waals surface area contributed by atoms with E-state index in [1.54, 1.807) is 6.07 Å². The maximum Gasteiger partial charge on any atom is 0.267 e. The second kappa shape index (κ2) is 3.77. The zero-order valence-electron chi connectivity index (χ0n) is 7.06. The van der Waals surface area contributed by atoms with E-state index in [0.29, 0.717) is 15.0 Å². The van der Waals surface area contributed by atoms with Gasteiger partial charge >= 0.3 is 0 Å². The van der Waals surface area contributed by atoms with Crippen molar-refractivity contribution in [3.8, 4) is 0 Å². The Morgan fingerprint density at radius 2 is 2.43 bits per heavy atom. The summed E-state index contributed by atoms with van der Waals surface area (Å²) in [5.74, 6) is -0.144. The fourth-order valence-electron chi connectivity index (χ4n) is 0.911. The maximum atomic E-state index is 11.5.